The predicted molar refractivity (Wildman–Crippen MR) is 80.0 cm³/mol. The van der Waals surface area contributed by atoms with Crippen LogP contribution in [0, 0.1) is 11.3 Å². The fraction of sp³-hybridized carbons (Fsp3) is 0.188. The Labute approximate surface area is 122 Å². The Morgan fingerprint density at radius 1 is 1.24 bits per heavy atom. The molecule has 3 rings (SSSR count). The molecule has 0 atom stereocenters. The third-order valence-electron chi connectivity index (χ3n) is 3.24. The lowest BCUT2D eigenvalue weighted by molar-refractivity contribution is 0.102. The number of pyridine rings is 1. The molecular formula is C16H14N4O. The summed E-state index contributed by atoms with van der Waals surface area (Å²) in [6.07, 6.45) is 4.03. The summed E-state index contributed by atoms with van der Waals surface area (Å²) in [6.45, 7) is 0. The number of anilines is 2. The van der Waals surface area contributed by atoms with Gasteiger partial charge in [0.05, 0.1) is 23.1 Å². The first kappa shape index (κ1) is 13.1. The normalized spacial score (nSPS) is 13.3. The van der Waals surface area contributed by atoms with Crippen molar-refractivity contribution >= 4 is 17.3 Å². The van der Waals surface area contributed by atoms with Crippen LogP contribution in [0.5, 0.6) is 0 Å². The van der Waals surface area contributed by atoms with Gasteiger partial charge >= 0.3 is 0 Å². The van der Waals surface area contributed by atoms with Crippen LogP contribution < -0.4 is 10.6 Å². The monoisotopic (exact) mass is 278 g/mol. The number of hydrogen-bond donors (Lipinski definition) is 2. The van der Waals surface area contributed by atoms with Gasteiger partial charge in [-0.05, 0) is 37.1 Å². The summed E-state index contributed by atoms with van der Waals surface area (Å²) in [7, 11) is 0. The van der Waals surface area contributed by atoms with Crippen molar-refractivity contribution in [1.82, 2.24) is 4.98 Å². The van der Waals surface area contributed by atoms with Gasteiger partial charge in [-0.1, -0.05) is 12.1 Å². The lowest BCUT2D eigenvalue weighted by atomic mass is 10.2. The van der Waals surface area contributed by atoms with E-state index in [-0.39, 0.29) is 5.91 Å². The summed E-state index contributed by atoms with van der Waals surface area (Å²) in [5.74, 6) is -0.323. The Balaban J connectivity index is 1.71. The van der Waals surface area contributed by atoms with E-state index in [4.69, 9.17) is 5.26 Å². The lowest BCUT2D eigenvalue weighted by Crippen LogP contribution is -2.14. The molecule has 0 bridgehead atoms. The van der Waals surface area contributed by atoms with Crippen LogP contribution in [0.25, 0.3) is 0 Å². The number of amides is 1. The highest BCUT2D eigenvalue weighted by Gasteiger charge is 2.20. The standard InChI is InChI=1S/C16H14N4O/c17-9-11-3-1-2-4-14(11)20-16(21)15-8-7-13(10-18-15)19-12-5-6-12/h1-4,7-8,10,12,19H,5-6H2,(H,20,21). The molecule has 0 aliphatic heterocycles. The number of nitrogens with one attached hydrogen (secondary N) is 2. The maximum Gasteiger partial charge on any atom is 0.274 e. The van der Waals surface area contributed by atoms with E-state index in [0.29, 0.717) is 23.0 Å². The Kier molecular flexibility index (Phi) is 3.52. The number of nitrogens with zero attached hydrogens (tertiary/aromatic N) is 2. The Morgan fingerprint density at radius 2 is 2.05 bits per heavy atom. The molecule has 1 fully saturated rings. The summed E-state index contributed by atoms with van der Waals surface area (Å²) >= 11 is 0. The molecule has 1 aromatic heterocycles. The second-order valence-electron chi connectivity index (χ2n) is 4.96. The molecule has 0 radical (unpaired) electrons. The highest BCUT2D eigenvalue weighted by molar-refractivity contribution is 6.03. The van der Waals surface area contributed by atoms with Crippen molar-refractivity contribution in [1.29, 1.82) is 5.26 Å². The molecule has 0 saturated heterocycles. The maximum absolute atomic E-state index is 12.1. The van der Waals surface area contributed by atoms with Gasteiger partial charge in [0, 0.05) is 6.04 Å². The first-order valence-electron chi connectivity index (χ1n) is 6.79. The van der Waals surface area contributed by atoms with E-state index in [1.807, 2.05) is 12.1 Å². The van der Waals surface area contributed by atoms with E-state index in [0.717, 1.165) is 5.69 Å². The zero-order valence-electron chi connectivity index (χ0n) is 11.3. The molecule has 0 unspecified atom stereocenters. The maximum atomic E-state index is 12.1. The van der Waals surface area contributed by atoms with Gasteiger partial charge in [0.25, 0.3) is 5.91 Å². The quantitative estimate of drug-likeness (QED) is 0.901. The Morgan fingerprint density at radius 3 is 2.71 bits per heavy atom. The van der Waals surface area contributed by atoms with Gasteiger partial charge in [-0.2, -0.15) is 5.26 Å². The van der Waals surface area contributed by atoms with Gasteiger partial charge in [0.1, 0.15) is 11.8 Å². The Bertz CT molecular complexity index is 699. The van der Waals surface area contributed by atoms with Crippen molar-refractivity contribution in [3.8, 4) is 6.07 Å². The van der Waals surface area contributed by atoms with E-state index in [1.165, 1.54) is 12.8 Å². The van der Waals surface area contributed by atoms with Gasteiger partial charge in [0.15, 0.2) is 0 Å². The lowest BCUT2D eigenvalue weighted by Gasteiger charge is -2.07. The van der Waals surface area contributed by atoms with Crippen LogP contribution in [0.15, 0.2) is 42.6 Å². The highest BCUT2D eigenvalue weighted by Crippen LogP contribution is 2.24. The second kappa shape index (κ2) is 5.63. The summed E-state index contributed by atoms with van der Waals surface area (Å²) in [4.78, 5) is 16.3. The largest absolute Gasteiger partial charge is 0.381 e. The van der Waals surface area contributed by atoms with E-state index in [9.17, 15) is 4.79 Å². The van der Waals surface area contributed by atoms with Gasteiger partial charge < -0.3 is 10.6 Å². The highest BCUT2D eigenvalue weighted by atomic mass is 16.1. The molecule has 2 N–H and O–H groups in total. The molecule has 2 aromatic rings. The summed E-state index contributed by atoms with van der Waals surface area (Å²) in [5, 5.41) is 15.0. The molecule has 1 amide bonds. The summed E-state index contributed by atoms with van der Waals surface area (Å²) in [6, 6.07) is 13.0. The molecule has 5 nitrogen and oxygen atoms in total. The fourth-order valence-electron chi connectivity index (χ4n) is 1.95. The minimum atomic E-state index is -0.323. The van der Waals surface area contributed by atoms with Gasteiger partial charge in [-0.15, -0.1) is 0 Å². The number of carbonyl (C=O) groups excluding carboxylic acids is 1. The topological polar surface area (TPSA) is 77.8 Å². The van der Waals surface area contributed by atoms with Gasteiger partial charge in [0.2, 0.25) is 0 Å². The van der Waals surface area contributed by atoms with Gasteiger partial charge in [-0.3, -0.25) is 4.79 Å². The molecule has 1 saturated carbocycles. The smallest absolute Gasteiger partial charge is 0.274 e. The molecule has 1 aromatic carbocycles. The number of carbonyl (C=O) groups is 1. The number of para-hydroxylation sites is 1. The van der Waals surface area contributed by atoms with Crippen LogP contribution in [-0.2, 0) is 0 Å². The predicted octanol–water partition coefficient (Wildman–Crippen LogP) is 2.78. The van der Waals surface area contributed by atoms with Crippen LogP contribution in [0.2, 0.25) is 0 Å². The third kappa shape index (κ3) is 3.18. The second-order valence-corrected chi connectivity index (χ2v) is 4.96. The van der Waals surface area contributed by atoms with Gasteiger partial charge in [-0.25, -0.2) is 4.98 Å². The zero-order valence-corrected chi connectivity index (χ0v) is 11.3. The number of benzene rings is 1. The van der Waals surface area contributed by atoms with Crippen LogP contribution in [0.1, 0.15) is 28.9 Å². The van der Waals surface area contributed by atoms with Crippen molar-refractivity contribution in [3.05, 3.63) is 53.9 Å². The molecule has 1 aliphatic carbocycles. The van der Waals surface area contributed by atoms with Crippen LogP contribution >= 0.6 is 0 Å². The molecular weight excluding hydrogens is 264 g/mol. The van der Waals surface area contributed by atoms with Crippen molar-refractivity contribution < 1.29 is 4.79 Å². The average molecular weight is 278 g/mol. The third-order valence-corrected chi connectivity index (χ3v) is 3.24. The minimum absolute atomic E-state index is 0.323. The number of aromatic nitrogens is 1. The van der Waals surface area contributed by atoms with Crippen molar-refractivity contribution in [2.24, 2.45) is 0 Å². The van der Waals surface area contributed by atoms with Crippen molar-refractivity contribution in [2.45, 2.75) is 18.9 Å². The molecule has 104 valence electrons. The van der Waals surface area contributed by atoms with Crippen LogP contribution in [0.4, 0.5) is 11.4 Å². The molecule has 1 heterocycles. The number of hydrogen-bond acceptors (Lipinski definition) is 4. The molecule has 5 heteroatoms. The van der Waals surface area contributed by atoms with Crippen molar-refractivity contribution in [2.75, 3.05) is 10.6 Å². The number of rotatable bonds is 4. The first-order valence-corrected chi connectivity index (χ1v) is 6.79. The molecule has 0 spiro atoms. The van der Waals surface area contributed by atoms with Crippen LogP contribution in [0.3, 0.4) is 0 Å². The van der Waals surface area contributed by atoms with E-state index < -0.39 is 0 Å². The fourth-order valence-corrected chi connectivity index (χ4v) is 1.95. The van der Waals surface area contributed by atoms with Crippen LogP contribution in [-0.4, -0.2) is 16.9 Å². The summed E-state index contributed by atoms with van der Waals surface area (Å²) < 4.78 is 0. The van der Waals surface area contributed by atoms with E-state index >= 15 is 0 Å². The molecule has 1 aliphatic rings. The first-order chi connectivity index (χ1) is 10.3. The number of nitriles is 1. The van der Waals surface area contributed by atoms with E-state index in [1.54, 1.807) is 36.5 Å². The SMILES string of the molecule is N#Cc1ccccc1NC(=O)c1ccc(NC2CC2)cn1. The molecule has 21 heavy (non-hydrogen) atoms. The summed E-state index contributed by atoms with van der Waals surface area (Å²) in [5.41, 5.74) is 2.17. The minimum Gasteiger partial charge on any atom is -0.381 e. The van der Waals surface area contributed by atoms with Crippen molar-refractivity contribution in [3.63, 3.8) is 0 Å². The van der Waals surface area contributed by atoms with E-state index in [2.05, 4.69) is 15.6 Å². The Hall–Kier alpha value is -2.87. The zero-order chi connectivity index (χ0) is 14.7. The average Bonchev–Trinajstić information content (AvgIpc) is 3.32.